The van der Waals surface area contributed by atoms with Crippen molar-refractivity contribution in [3.05, 3.63) is 99.3 Å². The second-order valence-corrected chi connectivity index (χ2v) is 8.19. The minimum Gasteiger partial charge on any atom is -0.507 e. The van der Waals surface area contributed by atoms with E-state index in [2.05, 4.69) is 0 Å². The van der Waals surface area contributed by atoms with Gasteiger partial charge in [-0.1, -0.05) is 30.3 Å². The number of benzene rings is 3. The summed E-state index contributed by atoms with van der Waals surface area (Å²) in [6, 6.07) is 18.6. The standard InChI is InChI=1S/C27H21NO6/c1-28-21-13-17(33-2)9-8-16(21)12-20(27(28)32)19-14-23(29)34-22-11-10-18(26(31)24(19)22)25(30)15-6-4-3-5-7-15/h3-13,19,31H,14H2,1-2H3/t19-/m0/s1. The first-order chi connectivity index (χ1) is 16.4. The van der Waals surface area contributed by atoms with Gasteiger partial charge in [0, 0.05) is 35.7 Å². The maximum Gasteiger partial charge on any atom is 0.312 e. The van der Waals surface area contributed by atoms with Gasteiger partial charge in [-0.15, -0.1) is 0 Å². The Hall–Kier alpha value is -4.39. The number of phenolic OH excluding ortho intramolecular Hbond substituents is 1. The van der Waals surface area contributed by atoms with Crippen LogP contribution in [0.4, 0.5) is 0 Å². The Kier molecular flexibility index (Phi) is 5.17. The fraction of sp³-hybridized carbons (Fsp3) is 0.148. The lowest BCUT2D eigenvalue weighted by molar-refractivity contribution is -0.135. The lowest BCUT2D eigenvalue weighted by Gasteiger charge is -2.26. The van der Waals surface area contributed by atoms with Gasteiger partial charge in [-0.25, -0.2) is 0 Å². The topological polar surface area (TPSA) is 94.8 Å². The van der Waals surface area contributed by atoms with Gasteiger partial charge in [0.15, 0.2) is 5.78 Å². The number of phenols is 1. The number of methoxy groups -OCH3 is 1. The number of fused-ring (bicyclic) bond motifs is 2. The van der Waals surface area contributed by atoms with Gasteiger partial charge in [0.05, 0.1) is 24.6 Å². The van der Waals surface area contributed by atoms with Crippen LogP contribution in [0.2, 0.25) is 0 Å². The van der Waals surface area contributed by atoms with Crippen molar-refractivity contribution in [2.45, 2.75) is 12.3 Å². The molecule has 0 unspecified atom stereocenters. The van der Waals surface area contributed by atoms with Crippen LogP contribution in [0.25, 0.3) is 10.9 Å². The third kappa shape index (κ3) is 3.42. The number of pyridine rings is 1. The van der Waals surface area contributed by atoms with Gasteiger partial charge < -0.3 is 19.1 Å². The summed E-state index contributed by atoms with van der Waals surface area (Å²) in [6.07, 6.45) is -0.138. The van der Waals surface area contributed by atoms with Crippen molar-refractivity contribution in [1.29, 1.82) is 0 Å². The van der Waals surface area contributed by atoms with Crippen LogP contribution in [0.1, 0.15) is 39.4 Å². The summed E-state index contributed by atoms with van der Waals surface area (Å²) in [5.41, 5.74) is 1.44. The van der Waals surface area contributed by atoms with Gasteiger partial charge in [0.25, 0.3) is 5.56 Å². The van der Waals surface area contributed by atoms with Crippen LogP contribution in [0.5, 0.6) is 17.2 Å². The van der Waals surface area contributed by atoms with Crippen LogP contribution in [-0.4, -0.2) is 28.5 Å². The van der Waals surface area contributed by atoms with Crippen LogP contribution in [0, 0.1) is 0 Å². The predicted octanol–water partition coefficient (Wildman–Crippen LogP) is 3.92. The zero-order valence-corrected chi connectivity index (χ0v) is 18.6. The Bertz CT molecular complexity index is 1520. The summed E-state index contributed by atoms with van der Waals surface area (Å²) in [5.74, 6) is -1.19. The molecule has 0 radical (unpaired) electrons. The molecule has 0 amide bonds. The molecular formula is C27H21NO6. The number of hydrogen-bond donors (Lipinski definition) is 1. The molecule has 7 nitrogen and oxygen atoms in total. The zero-order chi connectivity index (χ0) is 24.0. The summed E-state index contributed by atoms with van der Waals surface area (Å²) in [5, 5.41) is 12.0. The van der Waals surface area contributed by atoms with Gasteiger partial charge in [-0.3, -0.25) is 14.4 Å². The van der Waals surface area contributed by atoms with E-state index in [1.165, 1.54) is 16.7 Å². The van der Waals surface area contributed by atoms with E-state index in [1.807, 2.05) is 6.07 Å². The molecule has 0 bridgehead atoms. The number of aromatic nitrogens is 1. The average Bonchev–Trinajstić information content (AvgIpc) is 2.85. The van der Waals surface area contributed by atoms with E-state index in [0.717, 1.165) is 5.39 Å². The normalized spacial score (nSPS) is 15.0. The molecule has 0 spiro atoms. The quantitative estimate of drug-likeness (QED) is 0.285. The molecule has 1 N–H and O–H groups in total. The lowest BCUT2D eigenvalue weighted by Crippen LogP contribution is -2.29. The molecular weight excluding hydrogens is 434 g/mol. The zero-order valence-electron chi connectivity index (χ0n) is 18.6. The molecule has 4 aromatic rings. The molecule has 0 fully saturated rings. The van der Waals surface area contributed by atoms with Crippen LogP contribution < -0.4 is 15.0 Å². The van der Waals surface area contributed by atoms with Crippen LogP contribution >= 0.6 is 0 Å². The van der Waals surface area contributed by atoms with Crippen molar-refractivity contribution in [2.24, 2.45) is 7.05 Å². The number of hydrogen-bond acceptors (Lipinski definition) is 6. The highest BCUT2D eigenvalue weighted by Gasteiger charge is 2.35. The fourth-order valence-corrected chi connectivity index (χ4v) is 4.49. The Morgan fingerprint density at radius 1 is 1.06 bits per heavy atom. The van der Waals surface area contributed by atoms with Crippen molar-refractivity contribution >= 4 is 22.7 Å². The molecule has 34 heavy (non-hydrogen) atoms. The Labute approximate surface area is 194 Å². The number of ether oxygens (including phenoxy) is 2. The molecule has 1 aromatic heterocycles. The molecule has 2 heterocycles. The molecule has 3 aromatic carbocycles. The van der Waals surface area contributed by atoms with Crippen LogP contribution in [0.15, 0.2) is 71.5 Å². The van der Waals surface area contributed by atoms with E-state index in [-0.39, 0.29) is 40.4 Å². The molecule has 170 valence electrons. The van der Waals surface area contributed by atoms with Crippen molar-refractivity contribution in [3.8, 4) is 17.2 Å². The highest BCUT2D eigenvalue weighted by atomic mass is 16.5. The van der Waals surface area contributed by atoms with Crippen molar-refractivity contribution in [1.82, 2.24) is 4.57 Å². The Balaban J connectivity index is 1.70. The molecule has 7 heteroatoms. The predicted molar refractivity (Wildman–Crippen MR) is 126 cm³/mol. The number of rotatable bonds is 4. The first kappa shape index (κ1) is 21.5. The Morgan fingerprint density at radius 3 is 2.56 bits per heavy atom. The van der Waals surface area contributed by atoms with Gasteiger partial charge in [0.2, 0.25) is 0 Å². The summed E-state index contributed by atoms with van der Waals surface area (Å²) in [4.78, 5) is 38.9. The first-order valence-corrected chi connectivity index (χ1v) is 10.7. The highest BCUT2D eigenvalue weighted by molar-refractivity contribution is 6.11. The third-order valence-corrected chi connectivity index (χ3v) is 6.24. The van der Waals surface area contributed by atoms with E-state index in [0.29, 0.717) is 22.4 Å². The molecule has 5 rings (SSSR count). The van der Waals surface area contributed by atoms with Gasteiger partial charge in [0.1, 0.15) is 17.2 Å². The maximum absolute atomic E-state index is 13.4. The number of nitrogens with zero attached hydrogens (tertiary/aromatic N) is 1. The number of carbonyl (C=O) groups is 2. The van der Waals surface area contributed by atoms with Crippen molar-refractivity contribution in [2.75, 3.05) is 7.11 Å². The van der Waals surface area contributed by atoms with E-state index in [9.17, 15) is 19.5 Å². The molecule has 0 saturated heterocycles. The number of aromatic hydroxyl groups is 1. The monoisotopic (exact) mass is 455 g/mol. The van der Waals surface area contributed by atoms with E-state index >= 15 is 0 Å². The second kappa shape index (κ2) is 8.19. The lowest BCUT2D eigenvalue weighted by atomic mass is 9.84. The molecule has 1 aliphatic heterocycles. The van der Waals surface area contributed by atoms with Crippen molar-refractivity contribution in [3.63, 3.8) is 0 Å². The van der Waals surface area contributed by atoms with Gasteiger partial charge in [-0.2, -0.15) is 0 Å². The van der Waals surface area contributed by atoms with Gasteiger partial charge >= 0.3 is 5.97 Å². The Morgan fingerprint density at radius 2 is 1.82 bits per heavy atom. The first-order valence-electron chi connectivity index (χ1n) is 10.7. The van der Waals surface area contributed by atoms with E-state index < -0.39 is 11.9 Å². The SMILES string of the molecule is COc1ccc2cc([C@@H]3CC(=O)Oc4ccc(C(=O)c5ccccc5)c(O)c43)c(=O)n(C)c2c1. The molecule has 0 aliphatic carbocycles. The third-order valence-electron chi connectivity index (χ3n) is 6.24. The number of ketones is 1. The van der Waals surface area contributed by atoms with Gasteiger partial charge in [-0.05, 0) is 35.7 Å². The summed E-state index contributed by atoms with van der Waals surface area (Å²) >= 11 is 0. The van der Waals surface area contributed by atoms with Crippen LogP contribution in [-0.2, 0) is 11.8 Å². The largest absolute Gasteiger partial charge is 0.507 e. The number of aryl methyl sites for hydroxylation is 1. The number of esters is 1. The van der Waals surface area contributed by atoms with Crippen molar-refractivity contribution < 1.29 is 24.2 Å². The fourth-order valence-electron chi connectivity index (χ4n) is 4.49. The molecule has 1 atom stereocenters. The summed E-state index contributed by atoms with van der Waals surface area (Å²) in [6.45, 7) is 0. The number of carbonyl (C=O) groups excluding carboxylic acids is 2. The average molecular weight is 455 g/mol. The highest BCUT2D eigenvalue weighted by Crippen LogP contribution is 2.45. The molecule has 1 aliphatic rings. The maximum atomic E-state index is 13.4. The summed E-state index contributed by atoms with van der Waals surface area (Å²) < 4.78 is 12.1. The smallest absolute Gasteiger partial charge is 0.312 e. The van der Waals surface area contributed by atoms with Crippen LogP contribution in [0.3, 0.4) is 0 Å². The minimum absolute atomic E-state index is 0.0789. The second-order valence-electron chi connectivity index (χ2n) is 8.19. The van der Waals surface area contributed by atoms with E-state index in [4.69, 9.17) is 9.47 Å². The molecule has 0 saturated carbocycles. The summed E-state index contributed by atoms with van der Waals surface area (Å²) in [7, 11) is 3.19. The van der Waals surface area contributed by atoms with E-state index in [1.54, 1.807) is 62.7 Å². The minimum atomic E-state index is -0.773.